The highest BCUT2D eigenvalue weighted by molar-refractivity contribution is 5.92. The number of fused-ring (bicyclic) bond motifs is 1. The van der Waals surface area contributed by atoms with E-state index in [4.69, 9.17) is 4.74 Å². The number of carbonyl (C=O) groups is 1. The topological polar surface area (TPSA) is 84.3 Å². The highest BCUT2D eigenvalue weighted by Gasteiger charge is 2.42. The molecule has 1 amide bonds. The zero-order chi connectivity index (χ0) is 15.6. The average Bonchev–Trinajstić information content (AvgIpc) is 3.06. The minimum absolute atomic E-state index is 0.0219. The van der Waals surface area contributed by atoms with Gasteiger partial charge in [0.05, 0.1) is 31.1 Å². The largest absolute Gasteiger partial charge is 0.372 e. The monoisotopic (exact) mass is 312 g/mol. The fraction of sp³-hybridized carbons (Fsp3) is 0.400. The van der Waals surface area contributed by atoms with E-state index in [1.807, 2.05) is 0 Å². The van der Waals surface area contributed by atoms with E-state index in [1.165, 1.54) is 12.4 Å². The van der Waals surface area contributed by atoms with Crippen LogP contribution in [0, 0.1) is 0 Å². The second-order valence-corrected chi connectivity index (χ2v) is 5.53. The fourth-order valence-corrected chi connectivity index (χ4v) is 3.15. The van der Waals surface area contributed by atoms with Crippen molar-refractivity contribution in [1.82, 2.24) is 24.8 Å². The smallest absolute Gasteiger partial charge is 0.274 e. The molecule has 118 valence electrons. The van der Waals surface area contributed by atoms with E-state index >= 15 is 0 Å². The van der Waals surface area contributed by atoms with Crippen molar-refractivity contribution in [3.63, 3.8) is 0 Å². The molecule has 2 aromatic heterocycles. The highest BCUT2D eigenvalue weighted by atomic mass is 16.5. The van der Waals surface area contributed by atoms with Crippen molar-refractivity contribution >= 4 is 11.7 Å². The number of carbonyl (C=O) groups excluding carboxylic acids is 1. The molecule has 0 N–H and O–H groups in total. The minimum Gasteiger partial charge on any atom is -0.372 e. The van der Waals surface area contributed by atoms with Gasteiger partial charge in [0.2, 0.25) is 0 Å². The lowest BCUT2D eigenvalue weighted by atomic mass is 10.1. The van der Waals surface area contributed by atoms with Crippen molar-refractivity contribution in [2.75, 3.05) is 31.1 Å². The molecular weight excluding hydrogens is 296 g/mol. The number of ether oxygens (including phenoxy) is 1. The van der Waals surface area contributed by atoms with E-state index in [1.54, 1.807) is 29.7 Å². The SMILES string of the molecule is O=C(c1cnccn1)N1C[C@@H]2OCCN(c3cnccn3)[C@@H]2C1. The van der Waals surface area contributed by atoms with Crippen LogP contribution in [-0.2, 0) is 4.74 Å². The van der Waals surface area contributed by atoms with E-state index in [-0.39, 0.29) is 18.1 Å². The molecule has 0 spiro atoms. The van der Waals surface area contributed by atoms with Gasteiger partial charge in [-0.1, -0.05) is 0 Å². The predicted octanol–water partition coefficient (Wildman–Crippen LogP) is -0.00360. The van der Waals surface area contributed by atoms with Gasteiger partial charge in [-0.25, -0.2) is 9.97 Å². The van der Waals surface area contributed by atoms with E-state index in [2.05, 4.69) is 24.8 Å². The van der Waals surface area contributed by atoms with Gasteiger partial charge >= 0.3 is 0 Å². The molecule has 8 nitrogen and oxygen atoms in total. The van der Waals surface area contributed by atoms with Crippen LogP contribution < -0.4 is 4.90 Å². The van der Waals surface area contributed by atoms with Crippen LogP contribution in [0.25, 0.3) is 0 Å². The van der Waals surface area contributed by atoms with Gasteiger partial charge in [0.25, 0.3) is 5.91 Å². The lowest BCUT2D eigenvalue weighted by Crippen LogP contribution is -2.51. The molecule has 2 aromatic rings. The normalized spacial score (nSPS) is 23.7. The molecule has 0 aromatic carbocycles. The lowest BCUT2D eigenvalue weighted by molar-refractivity contribution is 0.0299. The van der Waals surface area contributed by atoms with Crippen LogP contribution in [-0.4, -0.2) is 69.1 Å². The van der Waals surface area contributed by atoms with Gasteiger partial charge in [0.1, 0.15) is 11.5 Å². The number of rotatable bonds is 2. The number of likely N-dealkylation sites (tertiary alicyclic amines) is 1. The summed E-state index contributed by atoms with van der Waals surface area (Å²) in [5.41, 5.74) is 0.359. The lowest BCUT2D eigenvalue weighted by Gasteiger charge is -2.37. The number of hydrogen-bond donors (Lipinski definition) is 0. The second kappa shape index (κ2) is 5.88. The molecule has 0 radical (unpaired) electrons. The van der Waals surface area contributed by atoms with Crippen LogP contribution in [0.15, 0.2) is 37.2 Å². The summed E-state index contributed by atoms with van der Waals surface area (Å²) in [6.45, 7) is 2.49. The second-order valence-electron chi connectivity index (χ2n) is 5.53. The summed E-state index contributed by atoms with van der Waals surface area (Å²) in [4.78, 5) is 33.1. The van der Waals surface area contributed by atoms with Gasteiger partial charge < -0.3 is 14.5 Å². The van der Waals surface area contributed by atoms with Crippen molar-refractivity contribution < 1.29 is 9.53 Å². The third-order valence-electron chi connectivity index (χ3n) is 4.21. The Hall–Kier alpha value is -2.61. The molecule has 23 heavy (non-hydrogen) atoms. The molecule has 0 bridgehead atoms. The average molecular weight is 312 g/mol. The zero-order valence-electron chi connectivity index (χ0n) is 12.4. The van der Waals surface area contributed by atoms with Crippen LogP contribution in [0.1, 0.15) is 10.5 Å². The van der Waals surface area contributed by atoms with Gasteiger partial charge in [-0.15, -0.1) is 0 Å². The minimum atomic E-state index is -0.116. The summed E-state index contributed by atoms with van der Waals surface area (Å²) in [7, 11) is 0. The standard InChI is InChI=1S/C15H16N6O2/c22-15(11-7-16-1-3-18-11)20-9-12-13(10-20)23-6-5-21(12)14-8-17-2-4-19-14/h1-4,7-8,12-13H,5-6,9-10H2/t12-,13+/m1/s1. The van der Waals surface area contributed by atoms with Gasteiger partial charge in [-0.05, 0) is 0 Å². The Morgan fingerprint density at radius 1 is 1.09 bits per heavy atom. The van der Waals surface area contributed by atoms with Crippen LogP contribution in [0.4, 0.5) is 5.82 Å². The Labute approximate surface area is 133 Å². The Morgan fingerprint density at radius 3 is 2.65 bits per heavy atom. The Morgan fingerprint density at radius 2 is 1.91 bits per heavy atom. The molecule has 4 rings (SSSR count). The number of anilines is 1. The van der Waals surface area contributed by atoms with Gasteiger partial charge in [-0.2, -0.15) is 0 Å². The van der Waals surface area contributed by atoms with E-state index in [9.17, 15) is 4.79 Å². The quantitative estimate of drug-likeness (QED) is 0.771. The first kappa shape index (κ1) is 14.0. The van der Waals surface area contributed by atoms with Crippen molar-refractivity contribution in [1.29, 1.82) is 0 Å². The van der Waals surface area contributed by atoms with Crippen LogP contribution >= 0.6 is 0 Å². The first-order chi connectivity index (χ1) is 11.3. The first-order valence-corrected chi connectivity index (χ1v) is 7.52. The van der Waals surface area contributed by atoms with Crippen molar-refractivity contribution in [2.45, 2.75) is 12.1 Å². The van der Waals surface area contributed by atoms with Crippen molar-refractivity contribution in [3.8, 4) is 0 Å². The summed E-state index contributed by atoms with van der Waals surface area (Å²) >= 11 is 0. The molecule has 0 aliphatic carbocycles. The van der Waals surface area contributed by atoms with Crippen molar-refractivity contribution in [2.24, 2.45) is 0 Å². The molecule has 0 saturated carbocycles. The molecular formula is C15H16N6O2. The maximum atomic E-state index is 12.6. The summed E-state index contributed by atoms with van der Waals surface area (Å²) in [6, 6.07) is 0.0843. The molecule has 0 unspecified atom stereocenters. The molecule has 4 heterocycles. The number of hydrogen-bond acceptors (Lipinski definition) is 7. The van der Waals surface area contributed by atoms with Crippen LogP contribution in [0.5, 0.6) is 0 Å². The molecule has 2 fully saturated rings. The predicted molar refractivity (Wildman–Crippen MR) is 80.8 cm³/mol. The third kappa shape index (κ3) is 2.61. The van der Waals surface area contributed by atoms with Crippen LogP contribution in [0.3, 0.4) is 0 Å². The van der Waals surface area contributed by atoms with Gasteiger partial charge in [-0.3, -0.25) is 14.8 Å². The summed E-state index contributed by atoms with van der Waals surface area (Å²) in [5, 5.41) is 0. The summed E-state index contributed by atoms with van der Waals surface area (Å²) in [6.07, 6.45) is 9.63. The number of aromatic nitrogens is 4. The first-order valence-electron chi connectivity index (χ1n) is 7.52. The maximum absolute atomic E-state index is 12.6. The third-order valence-corrected chi connectivity index (χ3v) is 4.21. The van der Waals surface area contributed by atoms with Crippen molar-refractivity contribution in [3.05, 3.63) is 42.9 Å². The van der Waals surface area contributed by atoms with E-state index in [0.29, 0.717) is 25.4 Å². The maximum Gasteiger partial charge on any atom is 0.274 e. The van der Waals surface area contributed by atoms with Gasteiger partial charge in [0, 0.05) is 44.4 Å². The number of morpholine rings is 1. The summed E-state index contributed by atoms with van der Waals surface area (Å²) < 4.78 is 5.85. The molecule has 2 saturated heterocycles. The molecule has 2 atom stereocenters. The zero-order valence-corrected chi connectivity index (χ0v) is 12.4. The van der Waals surface area contributed by atoms with Gasteiger partial charge in [0.15, 0.2) is 0 Å². The molecule has 2 aliphatic rings. The van der Waals surface area contributed by atoms with E-state index < -0.39 is 0 Å². The Kier molecular flexibility index (Phi) is 3.58. The Bertz CT molecular complexity index is 683. The fourth-order valence-electron chi connectivity index (χ4n) is 3.15. The highest BCUT2D eigenvalue weighted by Crippen LogP contribution is 2.27. The van der Waals surface area contributed by atoms with Crippen LogP contribution in [0.2, 0.25) is 0 Å². The summed E-state index contributed by atoms with van der Waals surface area (Å²) in [5.74, 6) is 0.704. The molecule has 2 aliphatic heterocycles. The van der Waals surface area contributed by atoms with E-state index in [0.717, 1.165) is 12.4 Å². The number of amides is 1. The number of nitrogens with zero attached hydrogens (tertiary/aromatic N) is 6. The molecule has 8 heteroatoms. The Balaban J connectivity index is 1.54.